The molecule has 118 valence electrons. The number of nitrogens with zero attached hydrogens (tertiary/aromatic N) is 1. The molecule has 0 heterocycles. The van der Waals surface area contributed by atoms with Crippen LogP contribution in [0.1, 0.15) is 45.2 Å². The van der Waals surface area contributed by atoms with Crippen LogP contribution in [0.25, 0.3) is 0 Å². The summed E-state index contributed by atoms with van der Waals surface area (Å²) in [4.78, 5) is 14.5. The maximum atomic E-state index is 12.6. The van der Waals surface area contributed by atoms with Crippen LogP contribution in [0.5, 0.6) is 0 Å². The van der Waals surface area contributed by atoms with Gasteiger partial charge >= 0.3 is 0 Å². The lowest BCUT2D eigenvalue weighted by molar-refractivity contribution is -0.137. The van der Waals surface area contributed by atoms with Gasteiger partial charge < -0.3 is 10.6 Å². The predicted molar refractivity (Wildman–Crippen MR) is 89.4 cm³/mol. The van der Waals surface area contributed by atoms with Crippen LogP contribution < -0.4 is 5.73 Å². The molecule has 1 fully saturated rings. The smallest absolute Gasteiger partial charge is 0.227 e. The van der Waals surface area contributed by atoms with Gasteiger partial charge in [-0.3, -0.25) is 4.79 Å². The first kappa shape index (κ1) is 18.0. The minimum atomic E-state index is -0.245. The molecular weight excluding hydrogens is 284 g/mol. The van der Waals surface area contributed by atoms with E-state index in [4.69, 9.17) is 5.73 Å². The topological polar surface area (TPSA) is 46.3 Å². The van der Waals surface area contributed by atoms with E-state index >= 15 is 0 Å². The van der Waals surface area contributed by atoms with Crippen LogP contribution in [0, 0.1) is 11.3 Å². The molecule has 21 heavy (non-hydrogen) atoms. The molecular formula is C17H27ClN2O. The van der Waals surface area contributed by atoms with E-state index in [9.17, 15) is 4.79 Å². The van der Waals surface area contributed by atoms with Crippen molar-refractivity contribution in [3.05, 3.63) is 35.9 Å². The van der Waals surface area contributed by atoms with Crippen molar-refractivity contribution in [3.63, 3.8) is 0 Å². The summed E-state index contributed by atoms with van der Waals surface area (Å²) in [7, 11) is 1.91. The lowest BCUT2D eigenvalue weighted by Crippen LogP contribution is -2.44. The first-order valence-electron chi connectivity index (χ1n) is 7.44. The molecule has 1 aromatic carbocycles. The number of carbonyl (C=O) groups is 1. The van der Waals surface area contributed by atoms with Gasteiger partial charge in [-0.25, -0.2) is 0 Å². The Hall–Kier alpha value is -1.06. The quantitative estimate of drug-likeness (QED) is 0.906. The van der Waals surface area contributed by atoms with Crippen LogP contribution in [0.15, 0.2) is 30.3 Å². The maximum Gasteiger partial charge on any atom is 0.227 e. The maximum absolute atomic E-state index is 12.6. The van der Waals surface area contributed by atoms with Crippen molar-refractivity contribution >= 4 is 18.3 Å². The first-order valence-corrected chi connectivity index (χ1v) is 7.44. The normalized spacial score (nSPS) is 19.9. The van der Waals surface area contributed by atoms with Crippen molar-refractivity contribution in [2.45, 2.75) is 45.7 Å². The fourth-order valence-corrected chi connectivity index (χ4v) is 2.71. The second kappa shape index (κ2) is 6.80. The summed E-state index contributed by atoms with van der Waals surface area (Å²) in [5.41, 5.74) is 7.58. The van der Waals surface area contributed by atoms with Crippen LogP contribution in [0.4, 0.5) is 0 Å². The van der Waals surface area contributed by atoms with E-state index in [1.807, 2.05) is 49.2 Å². The van der Waals surface area contributed by atoms with E-state index < -0.39 is 0 Å². The molecule has 0 radical (unpaired) electrons. The number of hydrogen-bond donors (Lipinski definition) is 1. The Balaban J connectivity index is 0.00000220. The van der Waals surface area contributed by atoms with Gasteiger partial charge in [0.2, 0.25) is 5.91 Å². The zero-order chi connectivity index (χ0) is 14.9. The van der Waals surface area contributed by atoms with Gasteiger partial charge in [-0.1, -0.05) is 44.2 Å². The van der Waals surface area contributed by atoms with Gasteiger partial charge in [0.1, 0.15) is 0 Å². The van der Waals surface area contributed by atoms with E-state index in [1.165, 1.54) is 12.8 Å². The standard InChI is InChI=1S/C17H26N2O.ClH/c1-12(15(18)14-8-6-5-7-9-14)16(20)19(4)13(2)17(3)10-11-17;/h5-9,12-13,15H,10-11,18H2,1-4H3;1H. The molecule has 3 nitrogen and oxygen atoms in total. The Kier molecular flexibility index (Phi) is 5.83. The molecule has 1 aromatic rings. The molecule has 1 amide bonds. The fraction of sp³-hybridized carbons (Fsp3) is 0.588. The largest absolute Gasteiger partial charge is 0.342 e. The minimum Gasteiger partial charge on any atom is -0.342 e. The summed E-state index contributed by atoms with van der Waals surface area (Å²) >= 11 is 0. The average molecular weight is 311 g/mol. The zero-order valence-electron chi connectivity index (χ0n) is 13.4. The van der Waals surface area contributed by atoms with Crippen molar-refractivity contribution in [2.75, 3.05) is 7.05 Å². The van der Waals surface area contributed by atoms with Crippen LogP contribution in [0.3, 0.4) is 0 Å². The Bertz CT molecular complexity index is 473. The Morgan fingerprint density at radius 2 is 1.76 bits per heavy atom. The Morgan fingerprint density at radius 3 is 2.24 bits per heavy atom. The third-order valence-electron chi connectivity index (χ3n) is 5.09. The summed E-state index contributed by atoms with van der Waals surface area (Å²) < 4.78 is 0. The van der Waals surface area contributed by atoms with E-state index in [0.29, 0.717) is 5.41 Å². The van der Waals surface area contributed by atoms with E-state index in [1.54, 1.807) is 0 Å². The van der Waals surface area contributed by atoms with Crippen LogP contribution >= 0.6 is 12.4 Å². The van der Waals surface area contributed by atoms with Gasteiger partial charge in [-0.05, 0) is 30.7 Å². The third-order valence-corrected chi connectivity index (χ3v) is 5.09. The van der Waals surface area contributed by atoms with E-state index in [-0.39, 0.29) is 36.3 Å². The summed E-state index contributed by atoms with van der Waals surface area (Å²) in [5.74, 6) is -0.0609. The molecule has 3 atom stereocenters. The SMILES string of the molecule is CC(C(=O)N(C)C(C)C1(C)CC1)C(N)c1ccccc1.Cl. The van der Waals surface area contributed by atoms with Crippen molar-refractivity contribution in [1.29, 1.82) is 0 Å². The molecule has 1 saturated carbocycles. The van der Waals surface area contributed by atoms with Gasteiger partial charge in [0.15, 0.2) is 0 Å². The summed E-state index contributed by atoms with van der Waals surface area (Å²) in [6.07, 6.45) is 2.43. The zero-order valence-corrected chi connectivity index (χ0v) is 14.2. The number of carbonyl (C=O) groups excluding carboxylic acids is 1. The molecule has 4 heteroatoms. The molecule has 1 aliphatic carbocycles. The number of benzene rings is 1. The van der Waals surface area contributed by atoms with E-state index in [0.717, 1.165) is 5.56 Å². The Labute approximate surface area is 134 Å². The molecule has 0 aliphatic heterocycles. The fourth-order valence-electron chi connectivity index (χ4n) is 2.71. The molecule has 0 saturated heterocycles. The highest BCUT2D eigenvalue weighted by atomic mass is 35.5. The molecule has 0 bridgehead atoms. The molecule has 1 aliphatic rings. The average Bonchev–Trinajstić information content (AvgIpc) is 3.23. The van der Waals surface area contributed by atoms with Crippen LogP contribution in [0.2, 0.25) is 0 Å². The number of rotatable bonds is 5. The van der Waals surface area contributed by atoms with Crippen LogP contribution in [-0.2, 0) is 4.79 Å². The number of hydrogen-bond acceptors (Lipinski definition) is 2. The third kappa shape index (κ3) is 3.78. The van der Waals surface area contributed by atoms with Gasteiger partial charge in [0.25, 0.3) is 0 Å². The summed E-state index contributed by atoms with van der Waals surface area (Å²) in [5, 5.41) is 0. The van der Waals surface area contributed by atoms with Crippen molar-refractivity contribution in [1.82, 2.24) is 4.90 Å². The molecule has 2 N–H and O–H groups in total. The highest BCUT2D eigenvalue weighted by Gasteiger charge is 2.45. The highest BCUT2D eigenvalue weighted by molar-refractivity contribution is 5.85. The second-order valence-electron chi connectivity index (χ2n) is 6.50. The Morgan fingerprint density at radius 1 is 1.24 bits per heavy atom. The molecule has 0 spiro atoms. The lowest BCUT2D eigenvalue weighted by Gasteiger charge is -2.33. The van der Waals surface area contributed by atoms with Crippen molar-refractivity contribution < 1.29 is 4.79 Å². The lowest BCUT2D eigenvalue weighted by atomic mass is 9.92. The molecule has 2 rings (SSSR count). The monoisotopic (exact) mass is 310 g/mol. The summed E-state index contributed by atoms with van der Waals surface area (Å²) in [6, 6.07) is 9.89. The highest BCUT2D eigenvalue weighted by Crippen LogP contribution is 2.49. The van der Waals surface area contributed by atoms with Gasteiger partial charge in [0.05, 0.1) is 5.92 Å². The van der Waals surface area contributed by atoms with Crippen LogP contribution in [-0.4, -0.2) is 23.9 Å². The summed E-state index contributed by atoms with van der Waals surface area (Å²) in [6.45, 7) is 6.33. The van der Waals surface area contributed by atoms with Gasteiger partial charge in [0, 0.05) is 19.1 Å². The van der Waals surface area contributed by atoms with E-state index in [2.05, 4.69) is 13.8 Å². The second-order valence-corrected chi connectivity index (χ2v) is 6.50. The minimum absolute atomic E-state index is 0. The van der Waals surface area contributed by atoms with Gasteiger partial charge in [-0.15, -0.1) is 12.4 Å². The van der Waals surface area contributed by atoms with Crippen molar-refractivity contribution in [2.24, 2.45) is 17.1 Å². The van der Waals surface area contributed by atoms with Gasteiger partial charge in [-0.2, -0.15) is 0 Å². The first-order chi connectivity index (χ1) is 9.37. The number of halogens is 1. The molecule has 0 aromatic heterocycles. The van der Waals surface area contributed by atoms with Crippen molar-refractivity contribution in [3.8, 4) is 0 Å². The predicted octanol–water partition coefficient (Wildman–Crippen LogP) is 3.39. The molecule has 3 unspecified atom stereocenters. The number of amides is 1. The number of nitrogens with two attached hydrogens (primary N) is 1.